The number of oxime groups is 1. The molecule has 1 unspecified atom stereocenters. The number of hydrogen-bond acceptors (Lipinski definition) is 5. The van der Waals surface area contributed by atoms with Gasteiger partial charge in [0, 0.05) is 5.56 Å². The molecule has 0 aliphatic rings. The summed E-state index contributed by atoms with van der Waals surface area (Å²) in [7, 11) is 0. The first-order valence-corrected chi connectivity index (χ1v) is 5.15. The number of aliphatic hydroxyl groups excluding tert-OH is 2. The number of hydrogen-bond donors (Lipinski definition) is 4. The smallest absolute Gasteiger partial charge is 0.170 e. The fraction of sp³-hybridized carbons (Fsp3) is 0.300. The van der Waals surface area contributed by atoms with E-state index in [-0.39, 0.29) is 24.1 Å². The van der Waals surface area contributed by atoms with Gasteiger partial charge in [-0.15, -0.1) is 0 Å². The second-order valence-electron chi connectivity index (χ2n) is 3.28. The van der Waals surface area contributed by atoms with Gasteiger partial charge >= 0.3 is 0 Å². The van der Waals surface area contributed by atoms with E-state index in [1.165, 1.54) is 12.1 Å². The Morgan fingerprint density at radius 2 is 2.24 bits per heavy atom. The molecule has 0 aliphatic carbocycles. The van der Waals surface area contributed by atoms with Crippen LogP contribution in [0, 0.1) is 0 Å². The summed E-state index contributed by atoms with van der Waals surface area (Å²) in [6, 6.07) is 4.55. The zero-order chi connectivity index (χ0) is 12.8. The van der Waals surface area contributed by atoms with Crippen molar-refractivity contribution in [3.63, 3.8) is 0 Å². The Balaban J connectivity index is 2.76. The largest absolute Gasteiger partial charge is 0.489 e. The second-order valence-corrected chi connectivity index (χ2v) is 3.69. The molecule has 0 saturated heterocycles. The third kappa shape index (κ3) is 3.77. The quantitative estimate of drug-likeness (QED) is 0.261. The fourth-order valence-electron chi connectivity index (χ4n) is 1.07. The van der Waals surface area contributed by atoms with E-state index in [2.05, 4.69) is 5.16 Å². The first-order chi connectivity index (χ1) is 8.08. The molecule has 5 N–H and O–H groups in total. The van der Waals surface area contributed by atoms with Crippen LogP contribution in [0.1, 0.15) is 5.56 Å². The van der Waals surface area contributed by atoms with E-state index in [4.69, 9.17) is 37.5 Å². The Morgan fingerprint density at radius 3 is 2.76 bits per heavy atom. The van der Waals surface area contributed by atoms with Crippen molar-refractivity contribution in [2.24, 2.45) is 10.9 Å². The molecule has 0 aromatic heterocycles. The summed E-state index contributed by atoms with van der Waals surface area (Å²) in [5.74, 6) is 0.280. The van der Waals surface area contributed by atoms with Crippen LogP contribution in [0.25, 0.3) is 0 Å². The monoisotopic (exact) mass is 260 g/mol. The summed E-state index contributed by atoms with van der Waals surface area (Å²) in [5, 5.41) is 29.3. The van der Waals surface area contributed by atoms with Gasteiger partial charge in [-0.05, 0) is 18.2 Å². The van der Waals surface area contributed by atoms with E-state index in [0.717, 1.165) is 0 Å². The van der Waals surface area contributed by atoms with Crippen molar-refractivity contribution in [3.05, 3.63) is 28.8 Å². The van der Waals surface area contributed by atoms with Crippen molar-refractivity contribution in [3.8, 4) is 5.75 Å². The Kier molecular flexibility index (Phi) is 5.02. The summed E-state index contributed by atoms with van der Waals surface area (Å²) >= 11 is 5.90. The Hall–Kier alpha value is -1.50. The molecular weight excluding hydrogens is 248 g/mol. The summed E-state index contributed by atoms with van der Waals surface area (Å²) in [4.78, 5) is 0. The number of nitrogens with two attached hydrogens (primary N) is 1. The molecule has 0 bridgehead atoms. The van der Waals surface area contributed by atoms with E-state index >= 15 is 0 Å². The molecule has 7 heteroatoms. The maximum absolute atomic E-state index is 9.10. The van der Waals surface area contributed by atoms with Gasteiger partial charge in [0.25, 0.3) is 0 Å². The number of nitrogens with zero attached hydrogens (tertiary/aromatic N) is 1. The highest BCUT2D eigenvalue weighted by Crippen LogP contribution is 2.25. The zero-order valence-corrected chi connectivity index (χ0v) is 9.63. The molecule has 0 spiro atoms. The van der Waals surface area contributed by atoms with E-state index < -0.39 is 6.10 Å². The van der Waals surface area contributed by atoms with Crippen LogP contribution in [-0.2, 0) is 0 Å². The van der Waals surface area contributed by atoms with Crippen LogP contribution in [-0.4, -0.2) is 40.6 Å². The maximum atomic E-state index is 9.10. The molecule has 1 rings (SSSR count). The van der Waals surface area contributed by atoms with Crippen molar-refractivity contribution < 1.29 is 20.2 Å². The SMILES string of the molecule is N/C(=N\O)c1ccc(OCC(O)CO)c(Cl)c1. The van der Waals surface area contributed by atoms with E-state index in [0.29, 0.717) is 11.3 Å². The van der Waals surface area contributed by atoms with Crippen LogP contribution in [0.15, 0.2) is 23.4 Å². The summed E-state index contributed by atoms with van der Waals surface area (Å²) in [6.07, 6.45) is -0.963. The number of ether oxygens (including phenoxy) is 1. The lowest BCUT2D eigenvalue weighted by atomic mass is 10.2. The third-order valence-corrected chi connectivity index (χ3v) is 2.27. The molecular formula is C10H13ClN2O4. The molecule has 1 atom stereocenters. The molecule has 6 nitrogen and oxygen atoms in total. The molecule has 0 fully saturated rings. The average molecular weight is 261 g/mol. The van der Waals surface area contributed by atoms with Gasteiger partial charge < -0.3 is 25.9 Å². The summed E-state index contributed by atoms with van der Waals surface area (Å²) < 4.78 is 5.17. The third-order valence-electron chi connectivity index (χ3n) is 1.98. The predicted octanol–water partition coefficient (Wildman–Crippen LogP) is 0.167. The second kappa shape index (κ2) is 6.29. The van der Waals surface area contributed by atoms with Crippen molar-refractivity contribution in [2.45, 2.75) is 6.10 Å². The predicted molar refractivity (Wildman–Crippen MR) is 62.6 cm³/mol. The van der Waals surface area contributed by atoms with Crippen LogP contribution in [0.3, 0.4) is 0 Å². The standard InChI is InChI=1S/C10H13ClN2O4/c11-8-3-6(10(12)13-16)1-2-9(8)17-5-7(15)4-14/h1-3,7,14-16H,4-5H2,(H2,12,13). The van der Waals surface area contributed by atoms with Crippen LogP contribution >= 0.6 is 11.6 Å². The number of benzene rings is 1. The minimum absolute atomic E-state index is 0.0613. The highest BCUT2D eigenvalue weighted by atomic mass is 35.5. The van der Waals surface area contributed by atoms with Crippen LogP contribution in [0.4, 0.5) is 0 Å². The Bertz CT molecular complexity index is 411. The average Bonchev–Trinajstić information content (AvgIpc) is 2.35. The van der Waals surface area contributed by atoms with E-state index in [9.17, 15) is 0 Å². The van der Waals surface area contributed by atoms with Crippen molar-refractivity contribution in [2.75, 3.05) is 13.2 Å². The van der Waals surface area contributed by atoms with Gasteiger partial charge in [0.05, 0.1) is 11.6 Å². The van der Waals surface area contributed by atoms with Crippen LogP contribution < -0.4 is 10.5 Å². The highest BCUT2D eigenvalue weighted by Gasteiger charge is 2.08. The van der Waals surface area contributed by atoms with Crippen molar-refractivity contribution in [1.29, 1.82) is 0 Å². The topological polar surface area (TPSA) is 108 Å². The van der Waals surface area contributed by atoms with Gasteiger partial charge in [-0.1, -0.05) is 16.8 Å². The van der Waals surface area contributed by atoms with E-state index in [1.54, 1.807) is 6.07 Å². The first kappa shape index (κ1) is 13.6. The van der Waals surface area contributed by atoms with Crippen molar-refractivity contribution in [1.82, 2.24) is 0 Å². The van der Waals surface area contributed by atoms with Gasteiger partial charge in [-0.25, -0.2) is 0 Å². The molecule has 17 heavy (non-hydrogen) atoms. The summed E-state index contributed by atoms with van der Waals surface area (Å²) in [5.41, 5.74) is 5.84. The van der Waals surface area contributed by atoms with E-state index in [1.807, 2.05) is 0 Å². The lowest BCUT2D eigenvalue weighted by molar-refractivity contribution is 0.0536. The normalized spacial score (nSPS) is 13.5. The lowest BCUT2D eigenvalue weighted by Crippen LogP contribution is -2.21. The lowest BCUT2D eigenvalue weighted by Gasteiger charge is -2.11. The molecule has 1 aromatic carbocycles. The van der Waals surface area contributed by atoms with Gasteiger partial charge in [-0.3, -0.25) is 0 Å². The van der Waals surface area contributed by atoms with Gasteiger partial charge in [0.2, 0.25) is 0 Å². The van der Waals surface area contributed by atoms with Crippen LogP contribution in [0.2, 0.25) is 5.02 Å². The molecule has 0 aliphatic heterocycles. The molecule has 0 heterocycles. The zero-order valence-electron chi connectivity index (χ0n) is 8.88. The molecule has 0 saturated carbocycles. The van der Waals surface area contributed by atoms with Gasteiger partial charge in [-0.2, -0.15) is 0 Å². The van der Waals surface area contributed by atoms with Crippen LogP contribution in [0.5, 0.6) is 5.75 Å². The minimum Gasteiger partial charge on any atom is -0.489 e. The van der Waals surface area contributed by atoms with Gasteiger partial charge in [0.1, 0.15) is 18.5 Å². The number of aliphatic hydroxyl groups is 2. The number of amidine groups is 1. The maximum Gasteiger partial charge on any atom is 0.170 e. The Morgan fingerprint density at radius 1 is 1.53 bits per heavy atom. The number of rotatable bonds is 5. The molecule has 94 valence electrons. The fourth-order valence-corrected chi connectivity index (χ4v) is 1.31. The highest BCUT2D eigenvalue weighted by molar-refractivity contribution is 6.32. The van der Waals surface area contributed by atoms with Gasteiger partial charge in [0.15, 0.2) is 5.84 Å². The van der Waals surface area contributed by atoms with Crippen molar-refractivity contribution >= 4 is 17.4 Å². The number of halogens is 1. The molecule has 0 radical (unpaired) electrons. The minimum atomic E-state index is -0.963. The Labute approximate surface area is 103 Å². The molecule has 0 amide bonds. The molecule has 1 aromatic rings. The summed E-state index contributed by atoms with van der Waals surface area (Å²) in [6.45, 7) is -0.459. The first-order valence-electron chi connectivity index (χ1n) is 4.77.